The van der Waals surface area contributed by atoms with E-state index in [9.17, 15) is 0 Å². The predicted molar refractivity (Wildman–Crippen MR) is 86.1 cm³/mol. The Bertz CT molecular complexity index is 400. The van der Waals surface area contributed by atoms with Gasteiger partial charge in [-0.1, -0.05) is 18.6 Å². The smallest absolute Gasteiger partial charge is 0.161 e. The number of rotatable bonds is 8. The Kier molecular flexibility index (Phi) is 6.54. The maximum atomic E-state index is 5.82. The number of ether oxygens (including phenoxy) is 2. The van der Waals surface area contributed by atoms with Crippen LogP contribution < -0.4 is 14.8 Å². The molecule has 0 spiro atoms. The molecule has 1 aliphatic carbocycles. The highest BCUT2D eigenvalue weighted by molar-refractivity contribution is 7.99. The molecular formula is C16H25NO2S. The normalized spacial score (nSPS) is 21.9. The van der Waals surface area contributed by atoms with Gasteiger partial charge in [0.25, 0.3) is 0 Å². The van der Waals surface area contributed by atoms with Crippen LogP contribution in [-0.2, 0) is 0 Å². The molecule has 112 valence electrons. The Hall–Kier alpha value is -0.870. The molecule has 0 saturated heterocycles. The predicted octanol–water partition coefficient (Wildman–Crippen LogP) is 3.34. The van der Waals surface area contributed by atoms with E-state index in [1.54, 1.807) is 0 Å². The van der Waals surface area contributed by atoms with Crippen LogP contribution in [0.3, 0.4) is 0 Å². The Morgan fingerprint density at radius 1 is 1.20 bits per heavy atom. The summed E-state index contributed by atoms with van der Waals surface area (Å²) < 4.78 is 11.4. The lowest BCUT2D eigenvalue weighted by molar-refractivity contribution is 0.272. The van der Waals surface area contributed by atoms with Gasteiger partial charge in [-0.25, -0.2) is 0 Å². The van der Waals surface area contributed by atoms with Crippen molar-refractivity contribution < 1.29 is 9.47 Å². The summed E-state index contributed by atoms with van der Waals surface area (Å²) in [5, 5.41) is 4.39. The number of nitrogens with one attached hydrogen (secondary N) is 1. The van der Waals surface area contributed by atoms with E-state index in [2.05, 4.69) is 11.6 Å². The summed E-state index contributed by atoms with van der Waals surface area (Å²) in [5.41, 5.74) is 0. The minimum absolute atomic E-state index is 0.649. The lowest BCUT2D eigenvalue weighted by Gasteiger charge is -2.19. The van der Waals surface area contributed by atoms with Gasteiger partial charge in [0.15, 0.2) is 11.5 Å². The van der Waals surface area contributed by atoms with Gasteiger partial charge in [-0.3, -0.25) is 0 Å². The van der Waals surface area contributed by atoms with E-state index in [1.807, 2.05) is 43.0 Å². The molecule has 1 fully saturated rings. The Balaban J connectivity index is 1.73. The molecule has 1 saturated carbocycles. The van der Waals surface area contributed by atoms with Crippen molar-refractivity contribution >= 4 is 11.8 Å². The lowest BCUT2D eigenvalue weighted by atomic mass is 10.2. The quantitative estimate of drug-likeness (QED) is 0.745. The second kappa shape index (κ2) is 8.42. The minimum Gasteiger partial charge on any atom is -0.490 e. The van der Waals surface area contributed by atoms with E-state index >= 15 is 0 Å². The average Bonchev–Trinajstić information content (AvgIpc) is 2.93. The first-order chi connectivity index (χ1) is 9.85. The van der Waals surface area contributed by atoms with E-state index in [4.69, 9.17) is 9.47 Å². The van der Waals surface area contributed by atoms with Gasteiger partial charge in [0.05, 0.1) is 6.61 Å². The summed E-state index contributed by atoms with van der Waals surface area (Å²) in [5.74, 6) is 1.67. The first-order valence-corrected chi connectivity index (χ1v) is 8.74. The third kappa shape index (κ3) is 4.32. The third-order valence-corrected chi connectivity index (χ3v) is 4.84. The van der Waals surface area contributed by atoms with E-state index in [0.717, 1.165) is 23.3 Å². The van der Waals surface area contributed by atoms with Crippen molar-refractivity contribution in [3.05, 3.63) is 24.3 Å². The van der Waals surface area contributed by atoms with E-state index < -0.39 is 0 Å². The Morgan fingerprint density at radius 3 is 2.65 bits per heavy atom. The molecule has 1 aromatic carbocycles. The molecule has 0 bridgehead atoms. The van der Waals surface area contributed by atoms with Gasteiger partial charge in [-0.05, 0) is 38.2 Å². The molecule has 1 N–H and O–H groups in total. The monoisotopic (exact) mass is 295 g/mol. The van der Waals surface area contributed by atoms with Crippen molar-refractivity contribution in [2.24, 2.45) is 0 Å². The highest BCUT2D eigenvalue weighted by atomic mass is 32.2. The average molecular weight is 295 g/mol. The molecule has 2 unspecified atom stereocenters. The first-order valence-electron chi connectivity index (χ1n) is 7.46. The molecule has 2 atom stereocenters. The van der Waals surface area contributed by atoms with Gasteiger partial charge in [0.1, 0.15) is 6.61 Å². The zero-order valence-electron chi connectivity index (χ0n) is 12.4. The highest BCUT2D eigenvalue weighted by Gasteiger charge is 2.25. The molecule has 0 radical (unpaired) electrons. The molecule has 3 nitrogen and oxygen atoms in total. The summed E-state index contributed by atoms with van der Waals surface area (Å²) in [7, 11) is 0. The number of benzene rings is 1. The molecule has 1 aromatic rings. The molecular weight excluding hydrogens is 270 g/mol. The van der Waals surface area contributed by atoms with Crippen molar-refractivity contribution in [2.75, 3.05) is 26.0 Å². The van der Waals surface area contributed by atoms with Crippen LogP contribution in [0.1, 0.15) is 26.2 Å². The van der Waals surface area contributed by atoms with E-state index in [-0.39, 0.29) is 0 Å². The lowest BCUT2D eigenvalue weighted by Crippen LogP contribution is -2.36. The van der Waals surface area contributed by atoms with E-state index in [0.29, 0.717) is 19.3 Å². The first kappa shape index (κ1) is 15.5. The zero-order chi connectivity index (χ0) is 14.2. The van der Waals surface area contributed by atoms with Crippen molar-refractivity contribution in [3.8, 4) is 11.5 Å². The Morgan fingerprint density at radius 2 is 1.95 bits per heavy atom. The topological polar surface area (TPSA) is 30.5 Å². The fraction of sp³-hybridized carbons (Fsp3) is 0.625. The van der Waals surface area contributed by atoms with Crippen LogP contribution in [0, 0.1) is 0 Å². The van der Waals surface area contributed by atoms with Crippen molar-refractivity contribution in [1.82, 2.24) is 5.32 Å². The fourth-order valence-corrected chi connectivity index (χ4v) is 3.65. The maximum Gasteiger partial charge on any atom is 0.161 e. The summed E-state index contributed by atoms with van der Waals surface area (Å²) in [6.45, 7) is 4.22. The molecule has 0 heterocycles. The third-order valence-electron chi connectivity index (χ3n) is 3.67. The largest absolute Gasteiger partial charge is 0.490 e. The summed E-state index contributed by atoms with van der Waals surface area (Å²) in [6, 6.07) is 8.51. The van der Waals surface area contributed by atoms with Crippen LogP contribution in [0.5, 0.6) is 11.5 Å². The molecule has 20 heavy (non-hydrogen) atoms. The summed E-state index contributed by atoms with van der Waals surface area (Å²) >= 11 is 1.98. The summed E-state index contributed by atoms with van der Waals surface area (Å²) in [6.07, 6.45) is 6.19. The number of hydrogen-bond donors (Lipinski definition) is 1. The van der Waals surface area contributed by atoms with Crippen LogP contribution >= 0.6 is 11.8 Å². The van der Waals surface area contributed by atoms with Gasteiger partial charge < -0.3 is 14.8 Å². The second-order valence-corrected chi connectivity index (χ2v) is 6.07. The van der Waals surface area contributed by atoms with Crippen LogP contribution in [0.25, 0.3) is 0 Å². The van der Waals surface area contributed by atoms with Gasteiger partial charge in [-0.2, -0.15) is 11.8 Å². The molecule has 0 aliphatic heterocycles. The van der Waals surface area contributed by atoms with Gasteiger partial charge in [0, 0.05) is 17.8 Å². The molecule has 0 aromatic heterocycles. The van der Waals surface area contributed by atoms with Crippen molar-refractivity contribution in [3.63, 3.8) is 0 Å². The van der Waals surface area contributed by atoms with Crippen LogP contribution in [0.15, 0.2) is 24.3 Å². The molecule has 2 rings (SSSR count). The number of hydrogen-bond acceptors (Lipinski definition) is 4. The zero-order valence-corrected chi connectivity index (χ0v) is 13.2. The molecule has 0 amide bonds. The van der Waals surface area contributed by atoms with E-state index in [1.165, 1.54) is 19.3 Å². The fourth-order valence-electron chi connectivity index (χ4n) is 2.69. The van der Waals surface area contributed by atoms with Crippen LogP contribution in [0.2, 0.25) is 0 Å². The molecule has 1 aliphatic rings. The number of para-hydroxylation sites is 2. The number of thioether (sulfide) groups is 1. The second-order valence-electron chi connectivity index (χ2n) is 4.99. The van der Waals surface area contributed by atoms with Gasteiger partial charge in [0.2, 0.25) is 0 Å². The SMILES string of the molecule is CCOc1ccccc1OCCNC1CCCC1SC. The highest BCUT2D eigenvalue weighted by Crippen LogP contribution is 2.28. The molecule has 4 heteroatoms. The van der Waals surface area contributed by atoms with Crippen molar-refractivity contribution in [2.45, 2.75) is 37.5 Å². The Labute approximate surface area is 126 Å². The standard InChI is InChI=1S/C16H25NO2S/c1-3-18-14-8-4-5-9-15(14)19-12-11-17-13-7-6-10-16(13)20-2/h4-5,8-9,13,16-17H,3,6-7,10-12H2,1-2H3. The summed E-state index contributed by atoms with van der Waals surface area (Å²) in [4.78, 5) is 0. The minimum atomic E-state index is 0.649. The van der Waals surface area contributed by atoms with Gasteiger partial charge >= 0.3 is 0 Å². The van der Waals surface area contributed by atoms with Crippen molar-refractivity contribution in [1.29, 1.82) is 0 Å². The van der Waals surface area contributed by atoms with Gasteiger partial charge in [-0.15, -0.1) is 0 Å². The van der Waals surface area contributed by atoms with Crippen LogP contribution in [-0.4, -0.2) is 37.3 Å². The van der Waals surface area contributed by atoms with Crippen LogP contribution in [0.4, 0.5) is 0 Å². The maximum absolute atomic E-state index is 5.82.